The van der Waals surface area contributed by atoms with Gasteiger partial charge < -0.3 is 15.3 Å². The Hall–Kier alpha value is -1.66. The minimum absolute atomic E-state index is 0.241. The number of carboxylic acids is 2. The molecule has 1 aliphatic rings. The summed E-state index contributed by atoms with van der Waals surface area (Å²) in [7, 11) is 0. The highest BCUT2D eigenvalue weighted by molar-refractivity contribution is 5.93. The smallest absolute Gasteiger partial charge is 0.336 e. The molecule has 82 valence electrons. The van der Waals surface area contributed by atoms with E-state index in [0.29, 0.717) is 0 Å². The van der Waals surface area contributed by atoms with Gasteiger partial charge in [0, 0.05) is 0 Å². The normalized spacial score (nSPS) is 30.5. The van der Waals surface area contributed by atoms with Crippen molar-refractivity contribution in [3.63, 3.8) is 0 Å². The number of hydrogen-bond acceptors (Lipinski definition) is 4. The first kappa shape index (κ1) is 11.4. The van der Waals surface area contributed by atoms with Crippen molar-refractivity contribution >= 4 is 11.9 Å². The van der Waals surface area contributed by atoms with Crippen molar-refractivity contribution in [3.8, 4) is 0 Å². The molecule has 0 bridgehead atoms. The summed E-state index contributed by atoms with van der Waals surface area (Å²) in [6.45, 7) is 1.44. The van der Waals surface area contributed by atoms with Crippen LogP contribution in [-0.2, 0) is 9.59 Å². The molecule has 6 heteroatoms. The highest BCUT2D eigenvalue weighted by atomic mass is 16.4. The molecule has 0 saturated carbocycles. The lowest BCUT2D eigenvalue weighted by Gasteiger charge is -2.32. The van der Waals surface area contributed by atoms with Crippen molar-refractivity contribution in [2.75, 3.05) is 0 Å². The third-order valence-corrected chi connectivity index (χ3v) is 2.29. The Morgan fingerprint density at radius 3 is 2.40 bits per heavy atom. The van der Waals surface area contributed by atoms with Crippen molar-refractivity contribution in [2.24, 2.45) is 11.7 Å². The second-order valence-corrected chi connectivity index (χ2v) is 3.36. The first-order valence-corrected chi connectivity index (χ1v) is 4.15. The van der Waals surface area contributed by atoms with E-state index in [1.54, 1.807) is 0 Å². The van der Waals surface area contributed by atoms with Gasteiger partial charge in [0.05, 0.1) is 5.57 Å². The number of carbonyl (C=O) groups is 2. The Morgan fingerprint density at radius 1 is 1.47 bits per heavy atom. The molecule has 5 N–H and O–H groups in total. The number of carboxylic acid groups (broad SMARTS) is 2. The quantitative estimate of drug-likeness (QED) is 0.450. The van der Waals surface area contributed by atoms with Crippen LogP contribution in [0.2, 0.25) is 0 Å². The second kappa shape index (κ2) is 3.48. The fourth-order valence-corrected chi connectivity index (χ4v) is 1.55. The SMILES string of the molecule is CC1=C(C(=O)O)C(N)(O)C(C(=O)O)C=C1. The lowest BCUT2D eigenvalue weighted by atomic mass is 9.82. The van der Waals surface area contributed by atoms with Crippen LogP contribution >= 0.6 is 0 Å². The fraction of sp³-hybridized carbons (Fsp3) is 0.333. The zero-order chi connectivity index (χ0) is 11.8. The number of allylic oxidation sites excluding steroid dienone is 2. The molecule has 0 radical (unpaired) electrons. The van der Waals surface area contributed by atoms with E-state index in [-0.39, 0.29) is 5.57 Å². The molecule has 0 amide bonds. The van der Waals surface area contributed by atoms with Crippen molar-refractivity contribution in [2.45, 2.75) is 12.6 Å². The van der Waals surface area contributed by atoms with E-state index in [9.17, 15) is 14.7 Å². The van der Waals surface area contributed by atoms with Crippen LogP contribution in [0.5, 0.6) is 0 Å². The maximum absolute atomic E-state index is 10.8. The first-order valence-electron chi connectivity index (χ1n) is 4.15. The molecule has 6 nitrogen and oxygen atoms in total. The van der Waals surface area contributed by atoms with Crippen LogP contribution in [0.4, 0.5) is 0 Å². The minimum Gasteiger partial charge on any atom is -0.481 e. The number of aliphatic carboxylic acids is 2. The van der Waals surface area contributed by atoms with Crippen LogP contribution in [0.25, 0.3) is 0 Å². The predicted molar refractivity (Wildman–Crippen MR) is 49.7 cm³/mol. The second-order valence-electron chi connectivity index (χ2n) is 3.36. The summed E-state index contributed by atoms with van der Waals surface area (Å²) in [5.41, 5.74) is 2.72. The van der Waals surface area contributed by atoms with Gasteiger partial charge in [-0.15, -0.1) is 0 Å². The van der Waals surface area contributed by atoms with E-state index in [0.717, 1.165) is 0 Å². The van der Waals surface area contributed by atoms with Gasteiger partial charge in [-0.1, -0.05) is 12.2 Å². The van der Waals surface area contributed by atoms with Gasteiger partial charge in [0.25, 0.3) is 0 Å². The topological polar surface area (TPSA) is 121 Å². The van der Waals surface area contributed by atoms with Crippen LogP contribution in [-0.4, -0.2) is 33.0 Å². The molecule has 1 aliphatic carbocycles. The Kier molecular flexibility index (Phi) is 2.65. The van der Waals surface area contributed by atoms with Gasteiger partial charge in [0.1, 0.15) is 5.92 Å². The van der Waals surface area contributed by atoms with Crippen molar-refractivity contribution in [1.82, 2.24) is 0 Å². The summed E-state index contributed by atoms with van der Waals surface area (Å²) < 4.78 is 0. The first-order chi connectivity index (χ1) is 6.78. The third-order valence-electron chi connectivity index (χ3n) is 2.29. The van der Waals surface area contributed by atoms with Gasteiger partial charge in [-0.3, -0.25) is 10.5 Å². The fourth-order valence-electron chi connectivity index (χ4n) is 1.55. The Labute approximate surface area is 85.3 Å². The molecule has 0 saturated heterocycles. The van der Waals surface area contributed by atoms with Crippen LogP contribution in [0.1, 0.15) is 6.92 Å². The third kappa shape index (κ3) is 1.77. The molecule has 2 unspecified atom stereocenters. The van der Waals surface area contributed by atoms with Gasteiger partial charge >= 0.3 is 11.9 Å². The Morgan fingerprint density at radius 2 is 2.00 bits per heavy atom. The van der Waals surface area contributed by atoms with Gasteiger partial charge in [-0.2, -0.15) is 0 Å². The molecule has 0 aromatic heterocycles. The summed E-state index contributed by atoms with van der Waals surface area (Å²) in [6.07, 6.45) is 2.49. The van der Waals surface area contributed by atoms with E-state index in [4.69, 9.17) is 15.9 Å². The average molecular weight is 213 g/mol. The lowest BCUT2D eigenvalue weighted by Crippen LogP contribution is -2.54. The molecule has 15 heavy (non-hydrogen) atoms. The zero-order valence-corrected chi connectivity index (χ0v) is 7.97. The molecule has 0 spiro atoms. The standard InChI is InChI=1S/C9H11NO5/c1-4-2-3-5(7(11)12)9(10,15)6(4)8(13)14/h2-3,5,15H,10H2,1H3,(H,11,12)(H,13,14). The number of hydrogen-bond donors (Lipinski definition) is 4. The Bertz CT molecular complexity index is 380. The Balaban J connectivity index is 3.29. The maximum Gasteiger partial charge on any atom is 0.336 e. The number of nitrogens with two attached hydrogens (primary N) is 1. The molecule has 0 aromatic carbocycles. The van der Waals surface area contributed by atoms with Crippen molar-refractivity contribution < 1.29 is 24.9 Å². The van der Waals surface area contributed by atoms with Gasteiger partial charge in [-0.05, 0) is 12.5 Å². The summed E-state index contributed by atoms with van der Waals surface area (Å²) >= 11 is 0. The maximum atomic E-state index is 10.8. The van der Waals surface area contributed by atoms with E-state index in [2.05, 4.69) is 0 Å². The largest absolute Gasteiger partial charge is 0.481 e. The van der Waals surface area contributed by atoms with Gasteiger partial charge in [-0.25, -0.2) is 4.79 Å². The van der Waals surface area contributed by atoms with E-state index < -0.39 is 29.2 Å². The average Bonchev–Trinajstić information content (AvgIpc) is 1.99. The molecule has 0 aliphatic heterocycles. The molecule has 0 heterocycles. The summed E-state index contributed by atoms with van der Waals surface area (Å²) in [6, 6.07) is 0. The molecule has 1 rings (SSSR count). The molecular weight excluding hydrogens is 202 g/mol. The van der Waals surface area contributed by atoms with E-state index >= 15 is 0 Å². The van der Waals surface area contributed by atoms with Crippen LogP contribution in [0.3, 0.4) is 0 Å². The van der Waals surface area contributed by atoms with E-state index in [1.165, 1.54) is 19.1 Å². The minimum atomic E-state index is -2.38. The van der Waals surface area contributed by atoms with Crippen LogP contribution < -0.4 is 5.73 Å². The van der Waals surface area contributed by atoms with Gasteiger partial charge in [0.15, 0.2) is 5.72 Å². The predicted octanol–water partition coefficient (Wildman–Crippen LogP) is -0.695. The van der Waals surface area contributed by atoms with Crippen LogP contribution in [0.15, 0.2) is 23.3 Å². The summed E-state index contributed by atoms with van der Waals surface area (Å²) in [4.78, 5) is 21.6. The highest BCUT2D eigenvalue weighted by Crippen LogP contribution is 2.30. The monoisotopic (exact) mass is 213 g/mol. The lowest BCUT2D eigenvalue weighted by molar-refractivity contribution is -0.148. The van der Waals surface area contributed by atoms with Crippen LogP contribution in [0, 0.1) is 5.92 Å². The molecule has 2 atom stereocenters. The zero-order valence-electron chi connectivity index (χ0n) is 7.97. The highest BCUT2D eigenvalue weighted by Gasteiger charge is 2.45. The van der Waals surface area contributed by atoms with E-state index in [1.807, 2.05) is 0 Å². The van der Waals surface area contributed by atoms with Crippen molar-refractivity contribution in [3.05, 3.63) is 23.3 Å². The summed E-state index contributed by atoms with van der Waals surface area (Å²) in [5, 5.41) is 27.3. The molecular formula is C9H11NO5. The molecule has 0 aromatic rings. The number of rotatable bonds is 2. The molecule has 0 fully saturated rings. The van der Waals surface area contributed by atoms with Gasteiger partial charge in [0.2, 0.25) is 0 Å². The van der Waals surface area contributed by atoms with Crippen molar-refractivity contribution in [1.29, 1.82) is 0 Å². The summed E-state index contributed by atoms with van der Waals surface area (Å²) in [5.74, 6) is -4.25. The number of aliphatic hydroxyl groups is 1.